The van der Waals surface area contributed by atoms with Gasteiger partial charge in [0.25, 0.3) is 0 Å². The summed E-state index contributed by atoms with van der Waals surface area (Å²) >= 11 is 0. The lowest BCUT2D eigenvalue weighted by Gasteiger charge is -2.59. The molecule has 2 heterocycles. The Bertz CT molecular complexity index is 657. The number of carbonyl (C=O) groups excluding carboxylic acids is 1. The number of aromatic nitrogens is 2. The molecule has 0 bridgehead atoms. The van der Waals surface area contributed by atoms with Crippen molar-refractivity contribution in [2.24, 2.45) is 24.3 Å². The highest BCUT2D eigenvalue weighted by Crippen LogP contribution is 2.53. The number of hydrogen-bond donors (Lipinski definition) is 1. The van der Waals surface area contributed by atoms with E-state index < -0.39 is 11.9 Å². The zero-order chi connectivity index (χ0) is 19.1. The van der Waals surface area contributed by atoms with Gasteiger partial charge in [0.1, 0.15) is 5.69 Å². The number of halogens is 3. The minimum Gasteiger partial charge on any atom is -0.396 e. The molecule has 1 aliphatic heterocycles. The summed E-state index contributed by atoms with van der Waals surface area (Å²) in [5.74, 6) is 0.0537. The van der Waals surface area contributed by atoms with Crippen LogP contribution in [0.15, 0.2) is 6.07 Å². The number of rotatable bonds is 6. The fourth-order valence-corrected chi connectivity index (χ4v) is 4.57. The highest BCUT2D eigenvalue weighted by atomic mass is 19.4. The topological polar surface area (TPSA) is 58.4 Å². The van der Waals surface area contributed by atoms with Crippen LogP contribution in [-0.4, -0.2) is 45.4 Å². The summed E-state index contributed by atoms with van der Waals surface area (Å²) in [6, 6.07) is 1.14. The first-order chi connectivity index (χ1) is 12.2. The normalized spacial score (nSPS) is 20.8. The number of likely N-dealkylation sites (tertiary alicyclic amines) is 1. The molecule has 0 radical (unpaired) electrons. The van der Waals surface area contributed by atoms with Crippen LogP contribution in [0.5, 0.6) is 0 Å². The predicted molar refractivity (Wildman–Crippen MR) is 89.1 cm³/mol. The van der Waals surface area contributed by atoms with Crippen LogP contribution in [0.4, 0.5) is 13.2 Å². The molecule has 1 spiro atoms. The first-order valence-electron chi connectivity index (χ1n) is 9.17. The van der Waals surface area contributed by atoms with Crippen molar-refractivity contribution in [2.75, 3.05) is 19.7 Å². The fraction of sp³-hybridized carbons (Fsp3) is 0.778. The Morgan fingerprint density at radius 2 is 2.08 bits per heavy atom. The Morgan fingerprint density at radius 1 is 1.42 bits per heavy atom. The van der Waals surface area contributed by atoms with Gasteiger partial charge in [-0.1, -0.05) is 13.3 Å². The van der Waals surface area contributed by atoms with E-state index in [0.29, 0.717) is 37.5 Å². The molecule has 8 heteroatoms. The molecule has 5 nitrogen and oxygen atoms in total. The smallest absolute Gasteiger partial charge is 0.396 e. The lowest BCUT2D eigenvalue weighted by atomic mass is 9.56. The predicted octanol–water partition coefficient (Wildman–Crippen LogP) is 2.63. The molecule has 2 fully saturated rings. The zero-order valence-electron chi connectivity index (χ0n) is 15.2. The van der Waals surface area contributed by atoms with E-state index in [-0.39, 0.29) is 23.8 Å². The molecule has 1 aromatic rings. The Balaban J connectivity index is 1.48. The lowest BCUT2D eigenvalue weighted by molar-refractivity contribution is -0.160. The summed E-state index contributed by atoms with van der Waals surface area (Å²) < 4.78 is 39.4. The monoisotopic (exact) mass is 373 g/mol. The van der Waals surface area contributed by atoms with E-state index in [1.807, 2.05) is 11.8 Å². The summed E-state index contributed by atoms with van der Waals surface area (Å²) in [7, 11) is 1.32. The number of carbonyl (C=O) groups is 1. The fourth-order valence-electron chi connectivity index (χ4n) is 4.57. The van der Waals surface area contributed by atoms with Gasteiger partial charge in [-0.15, -0.1) is 0 Å². The van der Waals surface area contributed by atoms with E-state index in [9.17, 15) is 23.1 Å². The lowest BCUT2D eigenvalue weighted by Crippen LogP contribution is -2.65. The maximum absolute atomic E-state index is 12.8. The molecule has 2 aliphatic rings. The van der Waals surface area contributed by atoms with Gasteiger partial charge >= 0.3 is 6.18 Å². The van der Waals surface area contributed by atoms with E-state index >= 15 is 0 Å². The quantitative estimate of drug-likeness (QED) is 0.834. The highest BCUT2D eigenvalue weighted by molar-refractivity contribution is 5.80. The van der Waals surface area contributed by atoms with Crippen LogP contribution in [0.1, 0.15) is 44.0 Å². The van der Waals surface area contributed by atoms with Crippen molar-refractivity contribution < 1.29 is 23.1 Å². The third kappa shape index (κ3) is 3.61. The van der Waals surface area contributed by atoms with Gasteiger partial charge in [-0.3, -0.25) is 9.48 Å². The second kappa shape index (κ2) is 6.87. The van der Waals surface area contributed by atoms with E-state index in [1.165, 1.54) is 7.05 Å². The van der Waals surface area contributed by atoms with Crippen molar-refractivity contribution in [1.82, 2.24) is 14.7 Å². The van der Waals surface area contributed by atoms with Crippen LogP contribution in [0.3, 0.4) is 0 Å². The van der Waals surface area contributed by atoms with Crippen molar-refractivity contribution in [3.05, 3.63) is 17.5 Å². The molecule has 1 aromatic heterocycles. The Kier molecular flexibility index (Phi) is 5.07. The first kappa shape index (κ1) is 19.2. The SMILES string of the molecule is CCC[C@H](CO)C(=O)N1CC2(CC(Cc3cc(C(F)(F)F)n(C)n3)C2)C1. The van der Waals surface area contributed by atoms with E-state index in [0.717, 1.165) is 30.0 Å². The van der Waals surface area contributed by atoms with Crippen LogP contribution in [-0.2, 0) is 24.4 Å². The van der Waals surface area contributed by atoms with Crippen molar-refractivity contribution in [3.8, 4) is 0 Å². The molecule has 1 saturated heterocycles. The molecular weight excluding hydrogens is 347 g/mol. The van der Waals surface area contributed by atoms with Gasteiger partial charge in [0.15, 0.2) is 0 Å². The summed E-state index contributed by atoms with van der Waals surface area (Å²) in [5, 5.41) is 13.3. The number of alkyl halides is 3. The number of aryl methyl sites for hydroxylation is 1. The maximum Gasteiger partial charge on any atom is 0.433 e. The highest BCUT2D eigenvalue weighted by Gasteiger charge is 2.54. The van der Waals surface area contributed by atoms with E-state index in [1.54, 1.807) is 0 Å². The van der Waals surface area contributed by atoms with Crippen molar-refractivity contribution in [1.29, 1.82) is 0 Å². The van der Waals surface area contributed by atoms with Crippen LogP contribution in [0.25, 0.3) is 0 Å². The summed E-state index contributed by atoms with van der Waals surface area (Å²) in [6.45, 7) is 3.29. The Labute approximate surface area is 151 Å². The van der Waals surface area contributed by atoms with Gasteiger partial charge in [0.05, 0.1) is 18.2 Å². The molecule has 1 N–H and O–H groups in total. The van der Waals surface area contributed by atoms with Gasteiger partial charge in [0, 0.05) is 25.6 Å². The number of aliphatic hydroxyl groups excluding tert-OH is 1. The van der Waals surface area contributed by atoms with Crippen LogP contribution >= 0.6 is 0 Å². The third-order valence-electron chi connectivity index (χ3n) is 5.73. The second-order valence-corrected chi connectivity index (χ2v) is 7.98. The average Bonchev–Trinajstić information content (AvgIpc) is 2.86. The molecule has 3 rings (SSSR count). The molecule has 1 atom stereocenters. The zero-order valence-corrected chi connectivity index (χ0v) is 15.2. The number of aliphatic hydroxyl groups is 1. The Morgan fingerprint density at radius 3 is 2.58 bits per heavy atom. The van der Waals surface area contributed by atoms with E-state index in [2.05, 4.69) is 5.10 Å². The van der Waals surface area contributed by atoms with Crippen molar-refractivity contribution in [3.63, 3.8) is 0 Å². The second-order valence-electron chi connectivity index (χ2n) is 7.98. The van der Waals surface area contributed by atoms with Gasteiger partial charge in [0.2, 0.25) is 5.91 Å². The van der Waals surface area contributed by atoms with Gasteiger partial charge < -0.3 is 10.0 Å². The van der Waals surface area contributed by atoms with Crippen LogP contribution in [0.2, 0.25) is 0 Å². The van der Waals surface area contributed by atoms with Crippen molar-refractivity contribution >= 4 is 5.91 Å². The minimum absolute atomic E-state index is 0.0305. The molecule has 1 amide bonds. The molecule has 1 aliphatic carbocycles. The standard InChI is InChI=1S/C18H26F3N3O2/c1-3-4-13(9-25)16(26)24-10-17(11-24)7-12(8-17)5-14-6-15(18(19,20)21)23(2)22-14/h6,12-13,25H,3-5,7-11H2,1-2H3/t13-/m1/s1. The minimum atomic E-state index is -4.38. The number of nitrogens with zero attached hydrogens (tertiary/aromatic N) is 3. The Hall–Kier alpha value is -1.57. The van der Waals surface area contributed by atoms with Gasteiger partial charge in [-0.05, 0) is 37.7 Å². The molecule has 0 aromatic carbocycles. The summed E-state index contributed by atoms with van der Waals surface area (Å²) in [4.78, 5) is 14.1. The molecular formula is C18H26F3N3O2. The van der Waals surface area contributed by atoms with Crippen LogP contribution < -0.4 is 0 Å². The molecule has 26 heavy (non-hydrogen) atoms. The summed E-state index contributed by atoms with van der Waals surface area (Å²) in [6.07, 6.45) is -0.421. The third-order valence-corrected chi connectivity index (χ3v) is 5.73. The van der Waals surface area contributed by atoms with Gasteiger partial charge in [-0.2, -0.15) is 18.3 Å². The van der Waals surface area contributed by atoms with E-state index in [4.69, 9.17) is 0 Å². The number of amides is 1. The van der Waals surface area contributed by atoms with Gasteiger partial charge in [-0.25, -0.2) is 0 Å². The van der Waals surface area contributed by atoms with Crippen molar-refractivity contribution in [2.45, 2.75) is 45.2 Å². The molecule has 146 valence electrons. The number of hydrogen-bond acceptors (Lipinski definition) is 3. The largest absolute Gasteiger partial charge is 0.433 e. The first-order valence-corrected chi connectivity index (χ1v) is 9.17. The van der Waals surface area contributed by atoms with Crippen LogP contribution in [0, 0.1) is 17.3 Å². The average molecular weight is 373 g/mol. The maximum atomic E-state index is 12.8. The summed E-state index contributed by atoms with van der Waals surface area (Å²) in [5.41, 5.74) is -0.100. The molecule has 1 saturated carbocycles. The molecule has 0 unspecified atom stereocenters.